The first-order valence-corrected chi connectivity index (χ1v) is 5.61. The molecular formula is C12H7Cl2N3. The van der Waals surface area contributed by atoms with Gasteiger partial charge in [0.05, 0.1) is 11.8 Å². The van der Waals surface area contributed by atoms with Crippen LogP contribution in [-0.2, 0) is 0 Å². The lowest BCUT2D eigenvalue weighted by molar-refractivity contribution is 0.885. The van der Waals surface area contributed by atoms with Crippen LogP contribution >= 0.6 is 23.2 Å². The lowest BCUT2D eigenvalue weighted by Crippen LogP contribution is -2.03. The molecule has 0 bridgehead atoms. The average Bonchev–Trinajstić information content (AvgIpc) is 2.35. The summed E-state index contributed by atoms with van der Waals surface area (Å²) in [5.41, 5.74) is 1.25. The Kier molecular flexibility index (Phi) is 3.58. The van der Waals surface area contributed by atoms with Crippen molar-refractivity contribution in [3.05, 3.63) is 57.8 Å². The van der Waals surface area contributed by atoms with Crippen molar-refractivity contribution in [2.24, 2.45) is 0 Å². The van der Waals surface area contributed by atoms with Crippen LogP contribution in [0.25, 0.3) is 0 Å². The number of nitriles is 1. The fourth-order valence-corrected chi connectivity index (χ4v) is 1.83. The van der Waals surface area contributed by atoms with Gasteiger partial charge in [0.25, 0.3) is 0 Å². The highest BCUT2D eigenvalue weighted by Crippen LogP contribution is 2.28. The molecule has 0 aliphatic heterocycles. The summed E-state index contributed by atoms with van der Waals surface area (Å²) in [5, 5.41) is 17.7. The first-order valence-electron chi connectivity index (χ1n) is 4.85. The summed E-state index contributed by atoms with van der Waals surface area (Å²) in [5.74, 6) is -0.534. The molecule has 0 amide bonds. The van der Waals surface area contributed by atoms with Gasteiger partial charge in [-0.3, -0.25) is 0 Å². The van der Waals surface area contributed by atoms with Gasteiger partial charge in [0.1, 0.15) is 5.92 Å². The molecule has 2 aromatic rings. The molecule has 0 unspecified atom stereocenters. The SMILES string of the molecule is N#C[C@@H](c1ccc(Cl)nn1)c1ccccc1Cl. The van der Waals surface area contributed by atoms with E-state index in [1.165, 1.54) is 0 Å². The molecule has 5 heteroatoms. The lowest BCUT2D eigenvalue weighted by Gasteiger charge is -2.09. The monoisotopic (exact) mass is 263 g/mol. The van der Waals surface area contributed by atoms with Crippen LogP contribution in [-0.4, -0.2) is 10.2 Å². The molecule has 1 atom stereocenters. The Hall–Kier alpha value is -1.63. The molecule has 1 heterocycles. The van der Waals surface area contributed by atoms with Crippen molar-refractivity contribution in [2.45, 2.75) is 5.92 Å². The second kappa shape index (κ2) is 5.13. The molecule has 3 nitrogen and oxygen atoms in total. The van der Waals surface area contributed by atoms with E-state index in [-0.39, 0.29) is 0 Å². The minimum absolute atomic E-state index is 0.296. The molecule has 2 rings (SSSR count). The molecule has 0 saturated heterocycles. The summed E-state index contributed by atoms with van der Waals surface area (Å²) in [6.45, 7) is 0. The van der Waals surface area contributed by atoms with E-state index in [0.29, 0.717) is 21.4 Å². The van der Waals surface area contributed by atoms with E-state index in [4.69, 9.17) is 23.2 Å². The molecule has 17 heavy (non-hydrogen) atoms. The Labute approximate surface area is 109 Å². The molecule has 84 valence electrons. The zero-order valence-electron chi connectivity index (χ0n) is 8.64. The Morgan fingerprint density at radius 1 is 1.06 bits per heavy atom. The smallest absolute Gasteiger partial charge is 0.151 e. The fourth-order valence-electron chi connectivity index (χ4n) is 1.48. The zero-order chi connectivity index (χ0) is 12.3. The molecule has 0 saturated carbocycles. The van der Waals surface area contributed by atoms with E-state index in [9.17, 15) is 5.26 Å². The quantitative estimate of drug-likeness (QED) is 0.834. The van der Waals surface area contributed by atoms with Crippen LogP contribution in [0.3, 0.4) is 0 Å². The maximum Gasteiger partial charge on any atom is 0.151 e. The molecule has 1 aromatic carbocycles. The predicted octanol–water partition coefficient (Wildman–Crippen LogP) is 3.44. The van der Waals surface area contributed by atoms with Gasteiger partial charge in [-0.25, -0.2) is 0 Å². The van der Waals surface area contributed by atoms with E-state index in [2.05, 4.69) is 16.3 Å². The number of nitrogens with zero attached hydrogens (tertiary/aromatic N) is 3. The summed E-state index contributed by atoms with van der Waals surface area (Å²) < 4.78 is 0. The third-order valence-corrected chi connectivity index (χ3v) is 2.84. The topological polar surface area (TPSA) is 49.6 Å². The highest BCUT2D eigenvalue weighted by atomic mass is 35.5. The van der Waals surface area contributed by atoms with Gasteiger partial charge in [0.2, 0.25) is 0 Å². The second-order valence-electron chi connectivity index (χ2n) is 3.36. The predicted molar refractivity (Wildman–Crippen MR) is 66.0 cm³/mol. The highest BCUT2D eigenvalue weighted by molar-refractivity contribution is 6.31. The highest BCUT2D eigenvalue weighted by Gasteiger charge is 2.17. The maximum atomic E-state index is 9.22. The number of hydrogen-bond acceptors (Lipinski definition) is 3. The van der Waals surface area contributed by atoms with Gasteiger partial charge in [0, 0.05) is 5.02 Å². The van der Waals surface area contributed by atoms with Crippen LogP contribution < -0.4 is 0 Å². The summed E-state index contributed by atoms with van der Waals surface area (Å²) in [4.78, 5) is 0. The molecular weight excluding hydrogens is 257 g/mol. The van der Waals surface area contributed by atoms with Crippen LogP contribution in [0.1, 0.15) is 17.2 Å². The van der Waals surface area contributed by atoms with Crippen molar-refractivity contribution < 1.29 is 0 Å². The normalized spacial score (nSPS) is 11.8. The van der Waals surface area contributed by atoms with E-state index in [1.54, 1.807) is 24.3 Å². The summed E-state index contributed by atoms with van der Waals surface area (Å²) >= 11 is 11.7. The van der Waals surface area contributed by atoms with Gasteiger partial charge in [-0.05, 0) is 23.8 Å². The summed E-state index contributed by atoms with van der Waals surface area (Å²) in [7, 11) is 0. The number of benzene rings is 1. The van der Waals surface area contributed by atoms with Crippen molar-refractivity contribution in [3.63, 3.8) is 0 Å². The standard InChI is InChI=1S/C12H7Cl2N3/c13-10-4-2-1-3-8(10)9(7-15)11-5-6-12(14)17-16-11/h1-6,9H/t9-/m1/s1. The van der Waals surface area contributed by atoms with Gasteiger partial charge >= 0.3 is 0 Å². The van der Waals surface area contributed by atoms with Crippen molar-refractivity contribution in [1.29, 1.82) is 5.26 Å². The molecule has 0 aliphatic carbocycles. The number of halogens is 2. The minimum Gasteiger partial charge on any atom is -0.197 e. The molecule has 0 fully saturated rings. The van der Waals surface area contributed by atoms with Crippen LogP contribution in [0.4, 0.5) is 0 Å². The molecule has 0 N–H and O–H groups in total. The zero-order valence-corrected chi connectivity index (χ0v) is 10.2. The van der Waals surface area contributed by atoms with Gasteiger partial charge in [0.15, 0.2) is 5.15 Å². The van der Waals surface area contributed by atoms with Crippen molar-refractivity contribution in [3.8, 4) is 6.07 Å². The van der Waals surface area contributed by atoms with E-state index in [1.807, 2.05) is 12.1 Å². The van der Waals surface area contributed by atoms with Crippen LogP contribution in [0, 0.1) is 11.3 Å². The average molecular weight is 264 g/mol. The Bertz CT molecular complexity index is 561. The van der Waals surface area contributed by atoms with Gasteiger partial charge < -0.3 is 0 Å². The van der Waals surface area contributed by atoms with Gasteiger partial charge in [-0.1, -0.05) is 41.4 Å². The Morgan fingerprint density at radius 2 is 1.82 bits per heavy atom. The number of hydrogen-bond donors (Lipinski definition) is 0. The summed E-state index contributed by atoms with van der Waals surface area (Å²) in [6, 6.07) is 12.6. The van der Waals surface area contributed by atoms with Gasteiger partial charge in [-0.15, -0.1) is 5.10 Å². The van der Waals surface area contributed by atoms with E-state index < -0.39 is 5.92 Å². The molecule has 0 spiro atoms. The maximum absolute atomic E-state index is 9.22. The minimum atomic E-state index is -0.534. The third kappa shape index (κ3) is 2.55. The lowest BCUT2D eigenvalue weighted by atomic mass is 9.97. The molecule has 0 radical (unpaired) electrons. The first-order chi connectivity index (χ1) is 8.22. The van der Waals surface area contributed by atoms with E-state index >= 15 is 0 Å². The number of aromatic nitrogens is 2. The first kappa shape index (κ1) is 11.8. The Balaban J connectivity index is 2.45. The van der Waals surface area contributed by atoms with Crippen LogP contribution in [0.5, 0.6) is 0 Å². The third-order valence-electron chi connectivity index (χ3n) is 2.29. The van der Waals surface area contributed by atoms with Crippen molar-refractivity contribution in [1.82, 2.24) is 10.2 Å². The fraction of sp³-hybridized carbons (Fsp3) is 0.0833. The summed E-state index contributed by atoms with van der Waals surface area (Å²) in [6.07, 6.45) is 0. The molecule has 0 aliphatic rings. The van der Waals surface area contributed by atoms with Crippen molar-refractivity contribution >= 4 is 23.2 Å². The molecule has 1 aromatic heterocycles. The van der Waals surface area contributed by atoms with Crippen LogP contribution in [0.2, 0.25) is 10.2 Å². The Morgan fingerprint density at radius 3 is 2.41 bits per heavy atom. The van der Waals surface area contributed by atoms with Gasteiger partial charge in [-0.2, -0.15) is 10.4 Å². The number of rotatable bonds is 2. The van der Waals surface area contributed by atoms with Crippen LogP contribution in [0.15, 0.2) is 36.4 Å². The second-order valence-corrected chi connectivity index (χ2v) is 4.16. The van der Waals surface area contributed by atoms with E-state index in [0.717, 1.165) is 0 Å². The largest absolute Gasteiger partial charge is 0.197 e. The van der Waals surface area contributed by atoms with Crippen molar-refractivity contribution in [2.75, 3.05) is 0 Å².